The molecule has 4 heteroatoms. The normalized spacial score (nSPS) is 18.5. The number of amides is 2. The summed E-state index contributed by atoms with van der Waals surface area (Å²) >= 11 is 0. The number of carbonyl (C=O) groups is 2. The van der Waals surface area contributed by atoms with E-state index in [4.69, 9.17) is 0 Å². The fourth-order valence-corrected chi connectivity index (χ4v) is 4.07. The van der Waals surface area contributed by atoms with Crippen LogP contribution in [0.3, 0.4) is 0 Å². The molecule has 4 rings (SSSR count). The van der Waals surface area contributed by atoms with Crippen molar-refractivity contribution >= 4 is 11.8 Å². The van der Waals surface area contributed by atoms with Gasteiger partial charge in [0.2, 0.25) is 5.91 Å². The number of fused-ring (bicyclic) bond motifs is 1. The minimum atomic E-state index is -0.0500. The number of nitrogens with zero attached hydrogens (tertiary/aromatic N) is 1. The van der Waals surface area contributed by atoms with Crippen molar-refractivity contribution in [3.05, 3.63) is 70.8 Å². The van der Waals surface area contributed by atoms with Crippen LogP contribution in [0.4, 0.5) is 0 Å². The Labute approximate surface area is 160 Å². The summed E-state index contributed by atoms with van der Waals surface area (Å²) in [6.45, 7) is 2.00. The maximum absolute atomic E-state index is 13.4. The molecular formula is C23H26N2O2. The van der Waals surface area contributed by atoms with E-state index in [0.29, 0.717) is 12.6 Å². The number of hydrogen-bond donors (Lipinski definition) is 1. The van der Waals surface area contributed by atoms with Crippen molar-refractivity contribution in [1.29, 1.82) is 0 Å². The fourth-order valence-electron chi connectivity index (χ4n) is 4.07. The summed E-state index contributed by atoms with van der Waals surface area (Å²) in [5.41, 5.74) is 4.45. The van der Waals surface area contributed by atoms with E-state index in [1.54, 1.807) is 0 Å². The molecule has 0 aliphatic heterocycles. The van der Waals surface area contributed by atoms with E-state index in [0.717, 1.165) is 43.2 Å². The number of rotatable bonds is 5. The minimum absolute atomic E-state index is 0.0500. The fraction of sp³-hybridized carbons (Fsp3) is 0.391. The van der Waals surface area contributed by atoms with Crippen molar-refractivity contribution < 1.29 is 9.59 Å². The SMILES string of the molecule is CC(=O)NCc1ccc(C(=O)N(C2CC2)C2CCCc3ccccc32)cc1. The lowest BCUT2D eigenvalue weighted by atomic mass is 9.86. The van der Waals surface area contributed by atoms with Crippen LogP contribution in [0.15, 0.2) is 48.5 Å². The zero-order chi connectivity index (χ0) is 18.8. The van der Waals surface area contributed by atoms with E-state index in [2.05, 4.69) is 34.5 Å². The van der Waals surface area contributed by atoms with Gasteiger partial charge in [-0.05, 0) is 60.9 Å². The molecule has 140 valence electrons. The number of carbonyl (C=O) groups excluding carboxylic acids is 2. The zero-order valence-corrected chi connectivity index (χ0v) is 15.8. The van der Waals surface area contributed by atoms with Crippen molar-refractivity contribution in [1.82, 2.24) is 10.2 Å². The molecule has 2 aliphatic rings. The quantitative estimate of drug-likeness (QED) is 0.874. The average molecular weight is 362 g/mol. The Bertz CT molecular complexity index is 840. The van der Waals surface area contributed by atoms with Crippen LogP contribution in [0.2, 0.25) is 0 Å². The van der Waals surface area contributed by atoms with Crippen LogP contribution in [-0.2, 0) is 17.8 Å². The Morgan fingerprint density at radius 2 is 1.78 bits per heavy atom. The van der Waals surface area contributed by atoms with Gasteiger partial charge in [-0.2, -0.15) is 0 Å². The van der Waals surface area contributed by atoms with Crippen LogP contribution in [-0.4, -0.2) is 22.8 Å². The van der Waals surface area contributed by atoms with Gasteiger partial charge in [0.05, 0.1) is 6.04 Å². The third-order valence-corrected chi connectivity index (χ3v) is 5.59. The van der Waals surface area contributed by atoms with E-state index >= 15 is 0 Å². The van der Waals surface area contributed by atoms with E-state index < -0.39 is 0 Å². The maximum atomic E-state index is 13.4. The van der Waals surface area contributed by atoms with Gasteiger partial charge < -0.3 is 10.2 Å². The molecule has 2 aliphatic carbocycles. The van der Waals surface area contributed by atoms with Gasteiger partial charge >= 0.3 is 0 Å². The number of aryl methyl sites for hydroxylation is 1. The smallest absolute Gasteiger partial charge is 0.254 e. The summed E-state index contributed by atoms with van der Waals surface area (Å²) in [6.07, 6.45) is 5.49. The van der Waals surface area contributed by atoms with Gasteiger partial charge in [-0.15, -0.1) is 0 Å². The lowest BCUT2D eigenvalue weighted by Gasteiger charge is -2.36. The van der Waals surface area contributed by atoms with Crippen LogP contribution >= 0.6 is 0 Å². The zero-order valence-electron chi connectivity index (χ0n) is 15.8. The van der Waals surface area contributed by atoms with Crippen molar-refractivity contribution in [3.63, 3.8) is 0 Å². The van der Waals surface area contributed by atoms with E-state index in [1.165, 1.54) is 18.1 Å². The van der Waals surface area contributed by atoms with Crippen molar-refractivity contribution in [2.24, 2.45) is 0 Å². The Morgan fingerprint density at radius 1 is 1.04 bits per heavy atom. The van der Waals surface area contributed by atoms with Crippen molar-refractivity contribution in [3.8, 4) is 0 Å². The first-order chi connectivity index (χ1) is 13.1. The largest absolute Gasteiger partial charge is 0.352 e. The molecular weight excluding hydrogens is 336 g/mol. The van der Waals surface area contributed by atoms with Gasteiger partial charge in [-0.1, -0.05) is 36.4 Å². The number of nitrogens with one attached hydrogen (secondary N) is 1. The van der Waals surface area contributed by atoms with Gasteiger partial charge in [0, 0.05) is 25.1 Å². The van der Waals surface area contributed by atoms with Gasteiger partial charge in [0.1, 0.15) is 0 Å². The molecule has 2 aromatic carbocycles. The summed E-state index contributed by atoms with van der Waals surface area (Å²) in [5.74, 6) is 0.0799. The molecule has 1 unspecified atom stereocenters. The highest BCUT2D eigenvalue weighted by Crippen LogP contribution is 2.41. The molecule has 2 amide bonds. The highest BCUT2D eigenvalue weighted by Gasteiger charge is 2.39. The monoisotopic (exact) mass is 362 g/mol. The first-order valence-electron chi connectivity index (χ1n) is 9.87. The summed E-state index contributed by atoms with van der Waals surface area (Å²) in [4.78, 5) is 26.6. The highest BCUT2D eigenvalue weighted by atomic mass is 16.2. The second-order valence-corrected chi connectivity index (χ2v) is 7.66. The first-order valence-corrected chi connectivity index (χ1v) is 9.87. The molecule has 1 atom stereocenters. The summed E-state index contributed by atoms with van der Waals surface area (Å²) < 4.78 is 0. The highest BCUT2D eigenvalue weighted by molar-refractivity contribution is 5.95. The number of hydrogen-bond acceptors (Lipinski definition) is 2. The van der Waals surface area contributed by atoms with Crippen LogP contribution in [0.1, 0.15) is 65.7 Å². The molecule has 2 aromatic rings. The molecule has 1 N–H and O–H groups in total. The second-order valence-electron chi connectivity index (χ2n) is 7.66. The first kappa shape index (κ1) is 17.8. The van der Waals surface area contributed by atoms with E-state index in [-0.39, 0.29) is 17.9 Å². The molecule has 27 heavy (non-hydrogen) atoms. The van der Waals surface area contributed by atoms with Crippen LogP contribution < -0.4 is 5.32 Å². The lowest BCUT2D eigenvalue weighted by molar-refractivity contribution is -0.119. The summed E-state index contributed by atoms with van der Waals surface area (Å²) in [6, 6.07) is 16.8. The van der Waals surface area contributed by atoms with Gasteiger partial charge in [0.25, 0.3) is 5.91 Å². The molecule has 0 heterocycles. The van der Waals surface area contributed by atoms with E-state index in [1.807, 2.05) is 24.3 Å². The standard InChI is InChI=1S/C23H26N2O2/c1-16(26)24-15-17-9-11-19(12-10-17)23(27)25(20-13-14-20)22-8-4-6-18-5-2-3-7-21(18)22/h2-3,5,7,9-12,20,22H,4,6,8,13-15H2,1H3,(H,24,26). The maximum Gasteiger partial charge on any atom is 0.254 e. The Morgan fingerprint density at radius 3 is 2.48 bits per heavy atom. The predicted molar refractivity (Wildman–Crippen MR) is 105 cm³/mol. The van der Waals surface area contributed by atoms with Crippen LogP contribution in [0.5, 0.6) is 0 Å². The average Bonchev–Trinajstić information content (AvgIpc) is 3.52. The minimum Gasteiger partial charge on any atom is -0.352 e. The van der Waals surface area contributed by atoms with Gasteiger partial charge in [-0.25, -0.2) is 0 Å². The Hall–Kier alpha value is -2.62. The lowest BCUT2D eigenvalue weighted by Crippen LogP contribution is -2.38. The molecule has 0 aromatic heterocycles. The molecule has 1 saturated carbocycles. The molecule has 0 radical (unpaired) electrons. The third-order valence-electron chi connectivity index (χ3n) is 5.59. The van der Waals surface area contributed by atoms with Gasteiger partial charge in [-0.3, -0.25) is 9.59 Å². The second kappa shape index (κ2) is 7.55. The molecule has 4 nitrogen and oxygen atoms in total. The van der Waals surface area contributed by atoms with Crippen molar-refractivity contribution in [2.75, 3.05) is 0 Å². The Balaban J connectivity index is 1.56. The molecule has 0 saturated heterocycles. The number of benzene rings is 2. The molecule has 0 spiro atoms. The summed E-state index contributed by atoms with van der Waals surface area (Å²) in [7, 11) is 0. The van der Waals surface area contributed by atoms with Crippen molar-refractivity contribution in [2.45, 2.75) is 57.7 Å². The molecule has 1 fully saturated rings. The Kier molecular flexibility index (Phi) is 4.97. The van der Waals surface area contributed by atoms with Gasteiger partial charge in [0.15, 0.2) is 0 Å². The third kappa shape index (κ3) is 3.90. The van der Waals surface area contributed by atoms with Crippen LogP contribution in [0.25, 0.3) is 0 Å². The molecule has 0 bridgehead atoms. The van der Waals surface area contributed by atoms with E-state index in [9.17, 15) is 9.59 Å². The van der Waals surface area contributed by atoms with Crippen LogP contribution in [0, 0.1) is 0 Å². The predicted octanol–water partition coefficient (Wildman–Crippen LogP) is 4.00. The topological polar surface area (TPSA) is 49.4 Å². The summed E-state index contributed by atoms with van der Waals surface area (Å²) in [5, 5.41) is 2.79.